The monoisotopic (exact) mass is 432 g/mol. The fraction of sp³-hybridized carbons (Fsp3) is 0.320. The Morgan fingerprint density at radius 1 is 1.19 bits per heavy atom. The first-order chi connectivity index (χ1) is 15.5. The second-order valence-electron chi connectivity index (χ2n) is 8.29. The molecule has 2 aromatic heterocycles. The Bertz CT molecular complexity index is 1100. The van der Waals surface area contributed by atoms with Crippen LogP contribution in [0, 0.1) is 0 Å². The van der Waals surface area contributed by atoms with Gasteiger partial charge in [0.15, 0.2) is 0 Å². The summed E-state index contributed by atoms with van der Waals surface area (Å²) in [4.78, 5) is 28.6. The first kappa shape index (κ1) is 21.9. The van der Waals surface area contributed by atoms with Crippen LogP contribution < -0.4 is 16.2 Å². The second kappa shape index (κ2) is 9.89. The predicted molar refractivity (Wildman–Crippen MR) is 123 cm³/mol. The molecule has 4 rings (SSSR count). The molecule has 0 saturated carbocycles. The molecule has 166 valence electrons. The molecule has 0 radical (unpaired) electrons. The third kappa shape index (κ3) is 5.12. The van der Waals surface area contributed by atoms with E-state index >= 15 is 0 Å². The van der Waals surface area contributed by atoms with Crippen molar-refractivity contribution in [2.24, 2.45) is 0 Å². The van der Waals surface area contributed by atoms with E-state index < -0.39 is 12.1 Å². The second-order valence-corrected chi connectivity index (χ2v) is 8.29. The maximum atomic E-state index is 12.5. The zero-order valence-corrected chi connectivity index (χ0v) is 18.0. The van der Waals surface area contributed by atoms with Crippen LogP contribution in [0.25, 0.3) is 0 Å². The van der Waals surface area contributed by atoms with Gasteiger partial charge in [0, 0.05) is 48.0 Å². The van der Waals surface area contributed by atoms with Gasteiger partial charge in [0.05, 0.1) is 6.10 Å². The number of pyridine rings is 2. The van der Waals surface area contributed by atoms with Crippen LogP contribution in [0.15, 0.2) is 78.0 Å². The Hall–Kier alpha value is -3.29. The van der Waals surface area contributed by atoms with E-state index in [1.807, 2.05) is 36.4 Å². The SMILES string of the molecule is CC(C(=O)Nc1ccc(C[C@@H]2CC[C@H]([C@H](O)c3cccnc3)N2)cc1)n1ccccc1=O. The van der Waals surface area contributed by atoms with Gasteiger partial charge in [-0.2, -0.15) is 0 Å². The molecular weight excluding hydrogens is 404 g/mol. The molecule has 0 spiro atoms. The zero-order chi connectivity index (χ0) is 22.5. The van der Waals surface area contributed by atoms with Crippen molar-refractivity contribution in [3.63, 3.8) is 0 Å². The largest absolute Gasteiger partial charge is 0.387 e. The average Bonchev–Trinajstić information content (AvgIpc) is 3.28. The molecular formula is C25H28N4O3. The number of amides is 1. The molecule has 1 saturated heterocycles. The van der Waals surface area contributed by atoms with Gasteiger partial charge < -0.3 is 20.3 Å². The molecule has 7 nitrogen and oxygen atoms in total. The van der Waals surface area contributed by atoms with Gasteiger partial charge in [-0.1, -0.05) is 24.3 Å². The topological polar surface area (TPSA) is 96.2 Å². The molecule has 1 aliphatic rings. The summed E-state index contributed by atoms with van der Waals surface area (Å²) in [7, 11) is 0. The van der Waals surface area contributed by atoms with Crippen LogP contribution in [0.5, 0.6) is 0 Å². The number of carbonyl (C=O) groups is 1. The highest BCUT2D eigenvalue weighted by atomic mass is 16.3. The molecule has 3 heterocycles. The van der Waals surface area contributed by atoms with Crippen molar-refractivity contribution in [3.8, 4) is 0 Å². The molecule has 0 aliphatic carbocycles. The van der Waals surface area contributed by atoms with Crippen LogP contribution >= 0.6 is 0 Å². The van der Waals surface area contributed by atoms with E-state index in [9.17, 15) is 14.7 Å². The summed E-state index contributed by atoms with van der Waals surface area (Å²) < 4.78 is 1.41. The highest BCUT2D eigenvalue weighted by Gasteiger charge is 2.30. The third-order valence-corrected chi connectivity index (χ3v) is 6.03. The van der Waals surface area contributed by atoms with Gasteiger partial charge in [0.1, 0.15) is 6.04 Å². The van der Waals surface area contributed by atoms with Gasteiger partial charge in [-0.25, -0.2) is 0 Å². The van der Waals surface area contributed by atoms with E-state index in [0.29, 0.717) is 5.69 Å². The first-order valence-corrected chi connectivity index (χ1v) is 10.9. The van der Waals surface area contributed by atoms with Gasteiger partial charge in [0.25, 0.3) is 5.56 Å². The number of benzene rings is 1. The Morgan fingerprint density at radius 2 is 2.00 bits per heavy atom. The highest BCUT2D eigenvalue weighted by Crippen LogP contribution is 2.26. The number of hydrogen-bond donors (Lipinski definition) is 3. The van der Waals surface area contributed by atoms with Gasteiger partial charge in [0.2, 0.25) is 5.91 Å². The van der Waals surface area contributed by atoms with E-state index in [1.165, 1.54) is 10.6 Å². The van der Waals surface area contributed by atoms with Crippen LogP contribution in [0.4, 0.5) is 5.69 Å². The summed E-state index contributed by atoms with van der Waals surface area (Å²) >= 11 is 0. The maximum Gasteiger partial charge on any atom is 0.251 e. The fourth-order valence-corrected chi connectivity index (χ4v) is 4.18. The predicted octanol–water partition coefficient (Wildman–Crippen LogP) is 2.84. The molecule has 3 N–H and O–H groups in total. The minimum atomic E-state index is -0.603. The molecule has 3 aromatic rings. The van der Waals surface area contributed by atoms with Crippen molar-refractivity contribution in [2.75, 3.05) is 5.32 Å². The lowest BCUT2D eigenvalue weighted by Gasteiger charge is -2.20. The molecule has 1 aliphatic heterocycles. The standard InChI is InChI=1S/C25H28N4O3/c1-17(29-14-3-2-6-23(29)30)25(32)28-20-9-7-18(8-10-20)15-21-11-12-22(27-21)24(31)19-5-4-13-26-16-19/h2-10,13-14,16-17,21-22,24,27,31H,11-12,15H2,1H3,(H,28,32)/t17?,21-,22+,24+/m0/s1. The molecule has 1 amide bonds. The number of carbonyl (C=O) groups excluding carboxylic acids is 1. The van der Waals surface area contributed by atoms with Gasteiger partial charge in [-0.05, 0) is 56.0 Å². The summed E-state index contributed by atoms with van der Waals surface area (Å²) in [6.07, 6.45) is 7.21. The lowest BCUT2D eigenvalue weighted by molar-refractivity contribution is -0.118. The lowest BCUT2D eigenvalue weighted by atomic mass is 10.0. The van der Waals surface area contributed by atoms with E-state index in [4.69, 9.17) is 0 Å². The van der Waals surface area contributed by atoms with Crippen molar-refractivity contribution < 1.29 is 9.90 Å². The Balaban J connectivity index is 1.31. The minimum Gasteiger partial charge on any atom is -0.387 e. The van der Waals surface area contributed by atoms with Crippen molar-refractivity contribution in [1.82, 2.24) is 14.9 Å². The van der Waals surface area contributed by atoms with Gasteiger partial charge in [-0.15, -0.1) is 0 Å². The van der Waals surface area contributed by atoms with Crippen molar-refractivity contribution >= 4 is 11.6 Å². The lowest BCUT2D eigenvalue weighted by Crippen LogP contribution is -2.35. The Kier molecular flexibility index (Phi) is 6.78. The quantitative estimate of drug-likeness (QED) is 0.534. The summed E-state index contributed by atoms with van der Waals surface area (Å²) in [5.74, 6) is -0.240. The van der Waals surface area contributed by atoms with Crippen LogP contribution in [-0.2, 0) is 11.2 Å². The Labute approximate surface area is 187 Å². The molecule has 4 atom stereocenters. The van der Waals surface area contributed by atoms with Crippen molar-refractivity contribution in [1.29, 1.82) is 0 Å². The third-order valence-electron chi connectivity index (χ3n) is 6.03. The maximum absolute atomic E-state index is 12.5. The highest BCUT2D eigenvalue weighted by molar-refractivity contribution is 5.93. The number of hydrogen-bond acceptors (Lipinski definition) is 5. The Morgan fingerprint density at radius 3 is 2.72 bits per heavy atom. The van der Waals surface area contributed by atoms with Gasteiger partial charge in [-0.3, -0.25) is 14.6 Å². The number of nitrogens with zero attached hydrogens (tertiary/aromatic N) is 2. The summed E-state index contributed by atoms with van der Waals surface area (Å²) in [6, 6.07) is 16.0. The van der Waals surface area contributed by atoms with E-state index in [-0.39, 0.29) is 23.6 Å². The number of anilines is 1. The van der Waals surface area contributed by atoms with Crippen molar-refractivity contribution in [2.45, 2.75) is 50.4 Å². The normalized spacial score (nSPS) is 19.9. The molecule has 1 fully saturated rings. The van der Waals surface area contributed by atoms with Crippen LogP contribution in [0.1, 0.15) is 43.0 Å². The first-order valence-electron chi connectivity index (χ1n) is 10.9. The molecule has 0 bridgehead atoms. The molecule has 1 aromatic carbocycles. The molecule has 7 heteroatoms. The molecule has 1 unspecified atom stereocenters. The summed E-state index contributed by atoms with van der Waals surface area (Å²) in [5.41, 5.74) is 2.47. The molecule has 32 heavy (non-hydrogen) atoms. The smallest absolute Gasteiger partial charge is 0.251 e. The number of nitrogens with one attached hydrogen (secondary N) is 2. The van der Waals surface area contributed by atoms with Crippen molar-refractivity contribution in [3.05, 3.63) is 94.7 Å². The van der Waals surface area contributed by atoms with E-state index in [2.05, 4.69) is 15.6 Å². The fourth-order valence-electron chi connectivity index (χ4n) is 4.18. The number of aromatic nitrogens is 2. The number of aliphatic hydroxyl groups is 1. The van der Waals surface area contributed by atoms with Crippen LogP contribution in [-0.4, -0.2) is 32.6 Å². The zero-order valence-electron chi connectivity index (χ0n) is 18.0. The van der Waals surface area contributed by atoms with Gasteiger partial charge >= 0.3 is 0 Å². The van der Waals surface area contributed by atoms with E-state index in [1.54, 1.807) is 37.6 Å². The summed E-state index contributed by atoms with van der Waals surface area (Å²) in [6.45, 7) is 1.70. The number of rotatable bonds is 7. The van der Waals surface area contributed by atoms with Crippen LogP contribution in [0.2, 0.25) is 0 Å². The summed E-state index contributed by atoms with van der Waals surface area (Å²) in [5, 5.41) is 17.0. The average molecular weight is 433 g/mol. The van der Waals surface area contributed by atoms with E-state index in [0.717, 1.165) is 30.4 Å². The van der Waals surface area contributed by atoms with Crippen LogP contribution in [0.3, 0.4) is 0 Å². The minimum absolute atomic E-state index is 0.0191. The number of aliphatic hydroxyl groups excluding tert-OH is 1.